The standard InChI is InChI=1S/C18H24N4O4/c1-18(2,3)25-17(24)19-11-7-10-14(23)20-12-15-21-16(22-26-15)13-8-5-4-6-9-13/h4-6,8-9H,7,10-12H2,1-3H3,(H,19,24)(H,20,23). The fraction of sp³-hybridized carbons (Fsp3) is 0.444. The molecule has 0 saturated heterocycles. The van der Waals surface area contributed by atoms with Gasteiger partial charge in [-0.25, -0.2) is 4.79 Å². The third-order valence-corrected chi connectivity index (χ3v) is 3.19. The predicted octanol–water partition coefficient (Wildman–Crippen LogP) is 2.66. The summed E-state index contributed by atoms with van der Waals surface area (Å²) >= 11 is 0. The van der Waals surface area contributed by atoms with Gasteiger partial charge in [-0.3, -0.25) is 4.79 Å². The zero-order valence-electron chi connectivity index (χ0n) is 15.2. The minimum Gasteiger partial charge on any atom is -0.444 e. The molecule has 140 valence electrons. The van der Waals surface area contributed by atoms with Gasteiger partial charge in [0.15, 0.2) is 0 Å². The molecule has 0 aliphatic heterocycles. The summed E-state index contributed by atoms with van der Waals surface area (Å²) in [6, 6.07) is 9.44. The maximum atomic E-state index is 11.8. The molecule has 26 heavy (non-hydrogen) atoms. The molecule has 0 spiro atoms. The molecule has 2 amide bonds. The number of carbonyl (C=O) groups is 2. The molecule has 0 aliphatic carbocycles. The number of hydrogen-bond acceptors (Lipinski definition) is 6. The monoisotopic (exact) mass is 360 g/mol. The van der Waals surface area contributed by atoms with E-state index < -0.39 is 11.7 Å². The maximum absolute atomic E-state index is 11.8. The van der Waals surface area contributed by atoms with E-state index in [1.807, 2.05) is 30.3 Å². The molecule has 8 nitrogen and oxygen atoms in total. The van der Waals surface area contributed by atoms with Crippen molar-refractivity contribution in [2.24, 2.45) is 0 Å². The van der Waals surface area contributed by atoms with Crippen LogP contribution in [0.5, 0.6) is 0 Å². The highest BCUT2D eigenvalue weighted by Gasteiger charge is 2.15. The summed E-state index contributed by atoms with van der Waals surface area (Å²) in [4.78, 5) is 27.5. The lowest BCUT2D eigenvalue weighted by atomic mass is 10.2. The van der Waals surface area contributed by atoms with E-state index in [0.29, 0.717) is 24.7 Å². The second kappa shape index (κ2) is 8.98. The van der Waals surface area contributed by atoms with E-state index in [9.17, 15) is 9.59 Å². The quantitative estimate of drug-likeness (QED) is 0.735. The Kier molecular flexibility index (Phi) is 6.71. The van der Waals surface area contributed by atoms with Gasteiger partial charge in [-0.2, -0.15) is 4.98 Å². The van der Waals surface area contributed by atoms with Crippen molar-refractivity contribution in [1.82, 2.24) is 20.8 Å². The first-order valence-corrected chi connectivity index (χ1v) is 8.45. The Morgan fingerprint density at radius 2 is 1.88 bits per heavy atom. The Morgan fingerprint density at radius 1 is 1.15 bits per heavy atom. The molecular weight excluding hydrogens is 336 g/mol. The lowest BCUT2D eigenvalue weighted by Crippen LogP contribution is -2.33. The molecule has 2 rings (SSSR count). The van der Waals surface area contributed by atoms with Crippen LogP contribution in [0, 0.1) is 0 Å². The average molecular weight is 360 g/mol. The Balaban J connectivity index is 1.65. The summed E-state index contributed by atoms with van der Waals surface area (Å²) in [5, 5.41) is 9.21. The van der Waals surface area contributed by atoms with Gasteiger partial charge in [0.05, 0.1) is 6.54 Å². The number of rotatable bonds is 7. The van der Waals surface area contributed by atoms with Gasteiger partial charge in [0, 0.05) is 18.5 Å². The first-order valence-electron chi connectivity index (χ1n) is 8.45. The second-order valence-electron chi connectivity index (χ2n) is 6.69. The Hall–Kier alpha value is -2.90. The van der Waals surface area contributed by atoms with Crippen LogP contribution in [0.3, 0.4) is 0 Å². The molecule has 0 radical (unpaired) electrons. The van der Waals surface area contributed by atoms with E-state index >= 15 is 0 Å². The molecule has 0 aliphatic rings. The third kappa shape index (κ3) is 6.92. The maximum Gasteiger partial charge on any atom is 0.407 e. The first-order chi connectivity index (χ1) is 12.3. The van der Waals surface area contributed by atoms with Gasteiger partial charge in [0.25, 0.3) is 0 Å². The highest BCUT2D eigenvalue weighted by Crippen LogP contribution is 2.14. The molecule has 1 aromatic carbocycles. The first kappa shape index (κ1) is 19.4. The number of alkyl carbamates (subject to hydrolysis) is 1. The van der Waals surface area contributed by atoms with Crippen molar-refractivity contribution >= 4 is 12.0 Å². The van der Waals surface area contributed by atoms with Crippen LogP contribution in [0.2, 0.25) is 0 Å². The summed E-state index contributed by atoms with van der Waals surface area (Å²) in [6.07, 6.45) is 0.289. The topological polar surface area (TPSA) is 106 Å². The van der Waals surface area contributed by atoms with E-state index in [1.165, 1.54) is 0 Å². The van der Waals surface area contributed by atoms with Gasteiger partial charge < -0.3 is 19.9 Å². The molecule has 8 heteroatoms. The van der Waals surface area contributed by atoms with Crippen molar-refractivity contribution in [3.8, 4) is 11.4 Å². The molecule has 0 atom stereocenters. The molecule has 2 N–H and O–H groups in total. The SMILES string of the molecule is CC(C)(C)OC(=O)NCCCC(=O)NCc1nc(-c2ccccc2)no1. The van der Waals surface area contributed by atoms with E-state index in [4.69, 9.17) is 9.26 Å². The van der Waals surface area contributed by atoms with Crippen molar-refractivity contribution in [2.75, 3.05) is 6.54 Å². The molecule has 0 fully saturated rings. The van der Waals surface area contributed by atoms with Crippen LogP contribution in [0.25, 0.3) is 11.4 Å². The van der Waals surface area contributed by atoms with Crippen LogP contribution in [0.15, 0.2) is 34.9 Å². The molecule has 0 unspecified atom stereocenters. The molecule has 1 heterocycles. The van der Waals surface area contributed by atoms with Crippen molar-refractivity contribution < 1.29 is 18.8 Å². The van der Waals surface area contributed by atoms with E-state index in [2.05, 4.69) is 20.8 Å². The third-order valence-electron chi connectivity index (χ3n) is 3.19. The number of nitrogens with zero attached hydrogens (tertiary/aromatic N) is 2. The minimum atomic E-state index is -0.538. The Labute approximate surface area is 152 Å². The van der Waals surface area contributed by atoms with Crippen LogP contribution < -0.4 is 10.6 Å². The van der Waals surface area contributed by atoms with Crippen LogP contribution in [0.1, 0.15) is 39.5 Å². The van der Waals surface area contributed by atoms with Gasteiger partial charge in [0.1, 0.15) is 5.60 Å². The highest BCUT2D eigenvalue weighted by atomic mass is 16.6. The van der Waals surface area contributed by atoms with Gasteiger partial charge in [-0.15, -0.1) is 0 Å². The lowest BCUT2D eigenvalue weighted by molar-refractivity contribution is -0.121. The Bertz CT molecular complexity index is 722. The van der Waals surface area contributed by atoms with Crippen molar-refractivity contribution in [3.63, 3.8) is 0 Å². The van der Waals surface area contributed by atoms with Gasteiger partial charge in [-0.05, 0) is 27.2 Å². The van der Waals surface area contributed by atoms with E-state index in [1.54, 1.807) is 20.8 Å². The normalized spacial score (nSPS) is 11.0. The number of hydrogen-bond donors (Lipinski definition) is 2. The van der Waals surface area contributed by atoms with Crippen molar-refractivity contribution in [2.45, 2.75) is 45.8 Å². The number of amides is 2. The summed E-state index contributed by atoms with van der Waals surface area (Å²) < 4.78 is 10.2. The van der Waals surface area contributed by atoms with Crippen LogP contribution >= 0.6 is 0 Å². The van der Waals surface area contributed by atoms with E-state index in [0.717, 1.165) is 5.56 Å². The predicted molar refractivity (Wildman–Crippen MR) is 95.1 cm³/mol. The number of nitrogens with one attached hydrogen (secondary N) is 2. The number of aromatic nitrogens is 2. The minimum absolute atomic E-state index is 0.157. The Morgan fingerprint density at radius 3 is 2.58 bits per heavy atom. The smallest absolute Gasteiger partial charge is 0.407 e. The molecule has 2 aromatic rings. The van der Waals surface area contributed by atoms with Crippen LogP contribution in [-0.4, -0.2) is 34.3 Å². The highest BCUT2D eigenvalue weighted by molar-refractivity contribution is 5.75. The van der Waals surface area contributed by atoms with Gasteiger partial charge >= 0.3 is 6.09 Å². The fourth-order valence-electron chi connectivity index (χ4n) is 2.05. The molecule has 0 saturated carbocycles. The number of benzene rings is 1. The van der Waals surface area contributed by atoms with E-state index in [-0.39, 0.29) is 18.9 Å². The summed E-state index contributed by atoms with van der Waals surface area (Å²) in [6.45, 7) is 5.90. The summed E-state index contributed by atoms with van der Waals surface area (Å²) in [5.74, 6) is 0.663. The zero-order valence-corrected chi connectivity index (χ0v) is 15.2. The summed E-state index contributed by atoms with van der Waals surface area (Å²) in [7, 11) is 0. The molecular formula is C18H24N4O4. The van der Waals surface area contributed by atoms with Gasteiger partial charge in [-0.1, -0.05) is 35.5 Å². The molecule has 0 bridgehead atoms. The van der Waals surface area contributed by atoms with Gasteiger partial charge in [0.2, 0.25) is 17.6 Å². The molecule has 1 aromatic heterocycles. The fourth-order valence-corrected chi connectivity index (χ4v) is 2.05. The van der Waals surface area contributed by atoms with Crippen molar-refractivity contribution in [3.05, 3.63) is 36.2 Å². The number of ether oxygens (including phenoxy) is 1. The lowest BCUT2D eigenvalue weighted by Gasteiger charge is -2.19. The number of carbonyl (C=O) groups excluding carboxylic acids is 2. The largest absolute Gasteiger partial charge is 0.444 e. The van der Waals surface area contributed by atoms with Crippen LogP contribution in [0.4, 0.5) is 4.79 Å². The average Bonchev–Trinajstić information content (AvgIpc) is 3.05. The van der Waals surface area contributed by atoms with Crippen molar-refractivity contribution in [1.29, 1.82) is 0 Å². The zero-order chi connectivity index (χ0) is 19.0. The summed E-state index contributed by atoms with van der Waals surface area (Å²) in [5.41, 5.74) is 0.312. The second-order valence-corrected chi connectivity index (χ2v) is 6.69. The van der Waals surface area contributed by atoms with Crippen LogP contribution in [-0.2, 0) is 16.1 Å².